The first-order valence-electron chi connectivity index (χ1n) is 3.37. The molecular formula is C9H10I. The number of aryl methyl sites for hydroxylation is 1. The van der Waals surface area contributed by atoms with E-state index in [4.69, 9.17) is 0 Å². The second kappa shape index (κ2) is 3.96. The molecule has 0 spiro atoms. The van der Waals surface area contributed by atoms with Gasteiger partial charge in [-0.05, 0) is 47.1 Å². The molecule has 0 saturated carbocycles. The summed E-state index contributed by atoms with van der Waals surface area (Å²) < 4.78 is 1.35. The molecule has 0 nitrogen and oxygen atoms in total. The Labute approximate surface area is 75.8 Å². The molecule has 0 aliphatic carbocycles. The lowest BCUT2D eigenvalue weighted by atomic mass is 10.1. The first-order chi connectivity index (χ1) is 4.84. The zero-order chi connectivity index (χ0) is 7.40. The molecule has 0 unspecified atom stereocenters. The minimum absolute atomic E-state index is 0.986. The van der Waals surface area contributed by atoms with Gasteiger partial charge in [-0.15, -0.1) is 0 Å². The van der Waals surface area contributed by atoms with Gasteiger partial charge in [-0.25, -0.2) is 0 Å². The SMILES string of the molecule is [CH2]CCc1ccccc1I. The molecule has 1 radical (unpaired) electrons. The highest BCUT2D eigenvalue weighted by Crippen LogP contribution is 2.12. The van der Waals surface area contributed by atoms with Crippen molar-refractivity contribution in [3.8, 4) is 0 Å². The summed E-state index contributed by atoms with van der Waals surface area (Å²) in [5, 5.41) is 0. The van der Waals surface area contributed by atoms with Crippen LogP contribution in [0.15, 0.2) is 24.3 Å². The van der Waals surface area contributed by atoms with Gasteiger partial charge in [0.05, 0.1) is 0 Å². The lowest BCUT2D eigenvalue weighted by Gasteiger charge is -1.99. The molecule has 0 fully saturated rings. The Kier molecular flexibility index (Phi) is 3.19. The Bertz CT molecular complexity index is 206. The fraction of sp³-hybridized carbons (Fsp3) is 0.222. The molecule has 0 saturated heterocycles. The third-order valence-electron chi connectivity index (χ3n) is 1.40. The lowest BCUT2D eigenvalue weighted by molar-refractivity contribution is 0.992. The molecule has 1 heteroatoms. The Morgan fingerprint density at radius 2 is 2.00 bits per heavy atom. The van der Waals surface area contributed by atoms with Crippen molar-refractivity contribution in [1.29, 1.82) is 0 Å². The molecule has 10 heavy (non-hydrogen) atoms. The average molecular weight is 245 g/mol. The average Bonchev–Trinajstić information content (AvgIpc) is 1.94. The number of hydrogen-bond acceptors (Lipinski definition) is 0. The van der Waals surface area contributed by atoms with Gasteiger partial charge in [-0.3, -0.25) is 0 Å². The molecular weight excluding hydrogens is 235 g/mol. The molecule has 0 aliphatic heterocycles. The maximum absolute atomic E-state index is 3.82. The minimum atomic E-state index is 0.986. The van der Waals surface area contributed by atoms with Gasteiger partial charge in [0.2, 0.25) is 0 Å². The predicted octanol–water partition coefficient (Wildman–Crippen LogP) is 3.06. The molecule has 1 aromatic carbocycles. The van der Waals surface area contributed by atoms with Crippen LogP contribution in [0.4, 0.5) is 0 Å². The summed E-state index contributed by atoms with van der Waals surface area (Å²) in [6.45, 7) is 3.82. The van der Waals surface area contributed by atoms with E-state index < -0.39 is 0 Å². The minimum Gasteiger partial charge on any atom is -0.0619 e. The van der Waals surface area contributed by atoms with Crippen LogP contribution < -0.4 is 0 Å². The van der Waals surface area contributed by atoms with Crippen LogP contribution in [0.1, 0.15) is 12.0 Å². The van der Waals surface area contributed by atoms with Crippen molar-refractivity contribution >= 4 is 22.6 Å². The van der Waals surface area contributed by atoms with Crippen LogP contribution >= 0.6 is 22.6 Å². The van der Waals surface area contributed by atoms with Crippen LogP contribution in [0.5, 0.6) is 0 Å². The standard InChI is InChI=1S/C9H10I/c1-2-5-8-6-3-4-7-9(8)10/h3-4,6-7H,1-2,5H2. The van der Waals surface area contributed by atoms with Crippen molar-refractivity contribution in [3.63, 3.8) is 0 Å². The highest BCUT2D eigenvalue weighted by molar-refractivity contribution is 14.1. The molecule has 0 bridgehead atoms. The van der Waals surface area contributed by atoms with E-state index in [1.54, 1.807) is 0 Å². The van der Waals surface area contributed by atoms with Gasteiger partial charge in [-0.2, -0.15) is 0 Å². The first-order valence-corrected chi connectivity index (χ1v) is 4.45. The zero-order valence-electron chi connectivity index (χ0n) is 5.81. The van der Waals surface area contributed by atoms with E-state index in [0.29, 0.717) is 0 Å². The van der Waals surface area contributed by atoms with Gasteiger partial charge < -0.3 is 0 Å². The zero-order valence-corrected chi connectivity index (χ0v) is 7.97. The number of halogens is 1. The van der Waals surface area contributed by atoms with Gasteiger partial charge >= 0.3 is 0 Å². The van der Waals surface area contributed by atoms with Crippen molar-refractivity contribution in [2.24, 2.45) is 0 Å². The molecule has 1 rings (SSSR count). The van der Waals surface area contributed by atoms with E-state index in [9.17, 15) is 0 Å². The van der Waals surface area contributed by atoms with Crippen LogP contribution in [0, 0.1) is 10.5 Å². The third-order valence-corrected chi connectivity index (χ3v) is 2.46. The summed E-state index contributed by atoms with van der Waals surface area (Å²) >= 11 is 2.36. The van der Waals surface area contributed by atoms with Crippen molar-refractivity contribution in [2.45, 2.75) is 12.8 Å². The summed E-state index contributed by atoms with van der Waals surface area (Å²) in [4.78, 5) is 0. The molecule has 53 valence electrons. The van der Waals surface area contributed by atoms with E-state index in [1.807, 2.05) is 0 Å². The van der Waals surface area contributed by atoms with Crippen LogP contribution in [-0.2, 0) is 6.42 Å². The van der Waals surface area contributed by atoms with Gasteiger partial charge in [-0.1, -0.05) is 25.1 Å². The summed E-state index contributed by atoms with van der Waals surface area (Å²) in [5.41, 5.74) is 1.41. The largest absolute Gasteiger partial charge is 0.0619 e. The summed E-state index contributed by atoms with van der Waals surface area (Å²) in [6.07, 6.45) is 2.08. The van der Waals surface area contributed by atoms with Gasteiger partial charge in [0.1, 0.15) is 0 Å². The van der Waals surface area contributed by atoms with E-state index in [1.165, 1.54) is 9.13 Å². The van der Waals surface area contributed by atoms with Crippen molar-refractivity contribution in [3.05, 3.63) is 40.3 Å². The Hall–Kier alpha value is -0.0500. The molecule has 1 aromatic rings. The second-order valence-electron chi connectivity index (χ2n) is 2.19. The third kappa shape index (κ3) is 1.97. The quantitative estimate of drug-likeness (QED) is 0.702. The van der Waals surface area contributed by atoms with Crippen molar-refractivity contribution in [1.82, 2.24) is 0 Å². The summed E-state index contributed by atoms with van der Waals surface area (Å²) in [6, 6.07) is 8.43. The van der Waals surface area contributed by atoms with E-state index >= 15 is 0 Å². The van der Waals surface area contributed by atoms with Crippen LogP contribution in [0.25, 0.3) is 0 Å². The van der Waals surface area contributed by atoms with Gasteiger partial charge in [0, 0.05) is 3.57 Å². The fourth-order valence-corrected chi connectivity index (χ4v) is 1.55. The van der Waals surface area contributed by atoms with Crippen molar-refractivity contribution in [2.75, 3.05) is 0 Å². The maximum Gasteiger partial charge on any atom is 0.0162 e. The number of benzene rings is 1. The maximum atomic E-state index is 3.82. The molecule has 0 atom stereocenters. The fourth-order valence-electron chi connectivity index (χ4n) is 0.892. The molecule has 0 heterocycles. The highest BCUT2D eigenvalue weighted by atomic mass is 127. The molecule has 0 aliphatic rings. The normalized spacial score (nSPS) is 9.80. The second-order valence-corrected chi connectivity index (χ2v) is 3.36. The number of hydrogen-bond donors (Lipinski definition) is 0. The van der Waals surface area contributed by atoms with Crippen LogP contribution in [0.3, 0.4) is 0 Å². The lowest BCUT2D eigenvalue weighted by Crippen LogP contribution is -1.85. The molecule has 0 amide bonds. The van der Waals surface area contributed by atoms with E-state index in [0.717, 1.165) is 12.8 Å². The summed E-state index contributed by atoms with van der Waals surface area (Å²) in [7, 11) is 0. The van der Waals surface area contributed by atoms with Crippen LogP contribution in [0.2, 0.25) is 0 Å². The van der Waals surface area contributed by atoms with Gasteiger partial charge in [0.15, 0.2) is 0 Å². The Morgan fingerprint density at radius 3 is 2.60 bits per heavy atom. The molecule has 0 N–H and O–H groups in total. The van der Waals surface area contributed by atoms with Gasteiger partial charge in [0.25, 0.3) is 0 Å². The highest BCUT2D eigenvalue weighted by Gasteiger charge is 1.94. The first kappa shape index (κ1) is 8.05. The Morgan fingerprint density at radius 1 is 1.30 bits per heavy atom. The summed E-state index contributed by atoms with van der Waals surface area (Å²) in [5.74, 6) is 0. The van der Waals surface area contributed by atoms with E-state index in [2.05, 4.69) is 53.8 Å². The smallest absolute Gasteiger partial charge is 0.0162 e. The van der Waals surface area contributed by atoms with Crippen molar-refractivity contribution < 1.29 is 0 Å². The number of rotatable bonds is 2. The predicted molar refractivity (Wildman–Crippen MR) is 52.8 cm³/mol. The molecule has 0 aromatic heterocycles. The topological polar surface area (TPSA) is 0 Å². The Balaban J connectivity index is 2.81. The van der Waals surface area contributed by atoms with E-state index in [-0.39, 0.29) is 0 Å². The van der Waals surface area contributed by atoms with Crippen LogP contribution in [-0.4, -0.2) is 0 Å². The monoisotopic (exact) mass is 245 g/mol.